The van der Waals surface area contributed by atoms with Crippen LogP contribution in [0.2, 0.25) is 0 Å². The molecule has 6 nitrogen and oxygen atoms in total. The zero-order valence-electron chi connectivity index (χ0n) is 16.1. The Labute approximate surface area is 157 Å². The second-order valence-corrected chi connectivity index (χ2v) is 7.21. The zero-order chi connectivity index (χ0) is 18.4. The van der Waals surface area contributed by atoms with E-state index in [2.05, 4.69) is 64.2 Å². The summed E-state index contributed by atoms with van der Waals surface area (Å²) in [6, 6.07) is 10.9. The lowest BCUT2D eigenvalue weighted by Crippen LogP contribution is -2.54. The maximum Gasteiger partial charge on any atom is 0.250 e. The molecule has 2 atom stereocenters. The zero-order valence-corrected chi connectivity index (χ0v) is 16.1. The van der Waals surface area contributed by atoms with Crippen molar-refractivity contribution in [1.29, 1.82) is 0 Å². The number of likely N-dealkylation sites (N-methyl/N-ethyl adjacent to an activating group) is 1. The predicted molar refractivity (Wildman–Crippen MR) is 105 cm³/mol. The number of anilines is 1. The van der Waals surface area contributed by atoms with Gasteiger partial charge in [0.05, 0.1) is 6.61 Å². The number of nitrogens with one attached hydrogen (secondary N) is 1. The van der Waals surface area contributed by atoms with E-state index >= 15 is 0 Å². The number of benzene rings is 1. The molecule has 144 valence electrons. The number of piperazine rings is 1. The van der Waals surface area contributed by atoms with Crippen molar-refractivity contribution in [1.82, 2.24) is 15.1 Å². The minimum Gasteiger partial charge on any atom is -0.369 e. The van der Waals surface area contributed by atoms with Crippen molar-refractivity contribution >= 4 is 11.6 Å². The highest BCUT2D eigenvalue weighted by atomic mass is 16.5. The second-order valence-electron chi connectivity index (χ2n) is 7.21. The Hall–Kier alpha value is -1.63. The van der Waals surface area contributed by atoms with Crippen LogP contribution in [0.1, 0.15) is 13.8 Å². The third kappa shape index (κ3) is 4.96. The van der Waals surface area contributed by atoms with Gasteiger partial charge in [-0.1, -0.05) is 25.1 Å². The van der Waals surface area contributed by atoms with Gasteiger partial charge in [-0.2, -0.15) is 0 Å². The van der Waals surface area contributed by atoms with Gasteiger partial charge >= 0.3 is 0 Å². The molecule has 2 unspecified atom stereocenters. The summed E-state index contributed by atoms with van der Waals surface area (Å²) in [4.78, 5) is 19.5. The molecule has 2 aliphatic heterocycles. The van der Waals surface area contributed by atoms with E-state index in [9.17, 15) is 4.79 Å². The first-order valence-electron chi connectivity index (χ1n) is 9.83. The highest BCUT2D eigenvalue weighted by Gasteiger charge is 2.27. The van der Waals surface area contributed by atoms with Gasteiger partial charge in [0.1, 0.15) is 6.10 Å². The van der Waals surface area contributed by atoms with Crippen molar-refractivity contribution in [3.63, 3.8) is 0 Å². The molecule has 1 aromatic rings. The normalized spacial score (nSPS) is 23.6. The largest absolute Gasteiger partial charge is 0.369 e. The summed E-state index contributed by atoms with van der Waals surface area (Å²) >= 11 is 0. The van der Waals surface area contributed by atoms with Gasteiger partial charge in [-0.05, 0) is 25.6 Å². The van der Waals surface area contributed by atoms with Gasteiger partial charge in [-0.3, -0.25) is 14.6 Å². The summed E-state index contributed by atoms with van der Waals surface area (Å²) < 4.78 is 5.64. The van der Waals surface area contributed by atoms with E-state index in [4.69, 9.17) is 4.74 Å². The quantitative estimate of drug-likeness (QED) is 0.821. The number of carbonyl (C=O) groups is 1. The number of morpholine rings is 1. The minimum absolute atomic E-state index is 0.0259. The van der Waals surface area contributed by atoms with E-state index in [-0.39, 0.29) is 12.0 Å². The molecule has 0 radical (unpaired) electrons. The summed E-state index contributed by atoms with van der Waals surface area (Å²) in [5, 5.41) is 3.09. The summed E-state index contributed by atoms with van der Waals surface area (Å²) in [5.41, 5.74) is 1.29. The van der Waals surface area contributed by atoms with Crippen LogP contribution in [0, 0.1) is 0 Å². The lowest BCUT2D eigenvalue weighted by molar-refractivity contribution is -0.138. The van der Waals surface area contributed by atoms with Gasteiger partial charge in [0.25, 0.3) is 5.91 Å². The molecule has 0 saturated carbocycles. The Balaban J connectivity index is 1.40. The molecule has 1 N–H and O–H groups in total. The number of rotatable bonds is 6. The summed E-state index contributed by atoms with van der Waals surface area (Å²) in [5.74, 6) is 0.0259. The molecular formula is C20H32N4O2. The van der Waals surface area contributed by atoms with Crippen molar-refractivity contribution in [3.05, 3.63) is 30.3 Å². The maximum absolute atomic E-state index is 12.4. The Bertz CT molecular complexity index is 560. The van der Waals surface area contributed by atoms with Crippen LogP contribution in [-0.4, -0.2) is 86.8 Å². The van der Waals surface area contributed by atoms with Crippen LogP contribution in [0.3, 0.4) is 0 Å². The summed E-state index contributed by atoms with van der Waals surface area (Å²) in [6.45, 7) is 12.3. The topological polar surface area (TPSA) is 48.1 Å². The smallest absolute Gasteiger partial charge is 0.250 e. The number of carbonyl (C=O) groups excluding carboxylic acids is 1. The average molecular weight is 361 g/mol. The van der Waals surface area contributed by atoms with Crippen molar-refractivity contribution in [2.45, 2.75) is 26.0 Å². The van der Waals surface area contributed by atoms with Crippen molar-refractivity contribution in [2.24, 2.45) is 0 Å². The lowest BCUT2D eigenvalue weighted by atomic mass is 10.2. The Morgan fingerprint density at radius 1 is 1.19 bits per heavy atom. The number of hydrogen-bond donors (Lipinski definition) is 1. The second kappa shape index (κ2) is 9.35. The fourth-order valence-corrected chi connectivity index (χ4v) is 3.70. The molecule has 26 heavy (non-hydrogen) atoms. The van der Waals surface area contributed by atoms with Gasteiger partial charge in [0.15, 0.2) is 0 Å². The SMILES string of the molecule is CCN1CCOC(C(=O)NCC(C)N2CCN(c3ccccc3)CC2)C1. The van der Waals surface area contributed by atoms with Gasteiger partial charge in [-0.15, -0.1) is 0 Å². The van der Waals surface area contributed by atoms with E-state index < -0.39 is 0 Å². The number of hydrogen-bond acceptors (Lipinski definition) is 5. The summed E-state index contributed by atoms with van der Waals surface area (Å²) in [6.07, 6.45) is -0.328. The van der Waals surface area contributed by atoms with Crippen LogP contribution < -0.4 is 10.2 Å². The number of nitrogens with zero attached hydrogens (tertiary/aromatic N) is 3. The fourth-order valence-electron chi connectivity index (χ4n) is 3.70. The molecule has 2 saturated heterocycles. The molecule has 2 aliphatic rings. The van der Waals surface area contributed by atoms with Gasteiger partial charge in [-0.25, -0.2) is 0 Å². The fraction of sp³-hybridized carbons (Fsp3) is 0.650. The van der Waals surface area contributed by atoms with Crippen molar-refractivity contribution in [2.75, 3.05) is 63.9 Å². The molecule has 0 aromatic heterocycles. The van der Waals surface area contributed by atoms with Crippen molar-refractivity contribution < 1.29 is 9.53 Å². The molecule has 0 spiro atoms. The van der Waals surface area contributed by atoms with Crippen LogP contribution >= 0.6 is 0 Å². The molecule has 6 heteroatoms. The lowest BCUT2D eigenvalue weighted by Gasteiger charge is -2.39. The van der Waals surface area contributed by atoms with Gasteiger partial charge in [0, 0.05) is 57.5 Å². The first kappa shape index (κ1) is 19.1. The highest BCUT2D eigenvalue weighted by molar-refractivity contribution is 5.81. The third-order valence-electron chi connectivity index (χ3n) is 5.52. The molecule has 3 rings (SSSR count). The van der Waals surface area contributed by atoms with Crippen LogP contribution in [-0.2, 0) is 9.53 Å². The van der Waals surface area contributed by atoms with Crippen molar-refractivity contribution in [3.8, 4) is 0 Å². The Morgan fingerprint density at radius 2 is 1.92 bits per heavy atom. The van der Waals surface area contributed by atoms with Crippen LogP contribution in [0.15, 0.2) is 30.3 Å². The number of para-hydroxylation sites is 1. The predicted octanol–water partition coefficient (Wildman–Crippen LogP) is 1.03. The molecule has 1 aromatic carbocycles. The number of ether oxygens (including phenoxy) is 1. The van der Waals surface area contributed by atoms with Gasteiger partial charge < -0.3 is 15.0 Å². The minimum atomic E-state index is -0.328. The molecule has 2 fully saturated rings. The van der Waals surface area contributed by atoms with E-state index in [1.54, 1.807) is 0 Å². The van der Waals surface area contributed by atoms with E-state index in [0.717, 1.165) is 39.3 Å². The molecule has 0 bridgehead atoms. The highest BCUT2D eigenvalue weighted by Crippen LogP contribution is 2.16. The molecular weight excluding hydrogens is 328 g/mol. The first-order valence-corrected chi connectivity index (χ1v) is 9.83. The Morgan fingerprint density at radius 3 is 2.62 bits per heavy atom. The third-order valence-corrected chi connectivity index (χ3v) is 5.52. The van der Waals surface area contributed by atoms with E-state index in [1.807, 2.05) is 0 Å². The molecule has 1 amide bonds. The van der Waals surface area contributed by atoms with Crippen LogP contribution in [0.4, 0.5) is 5.69 Å². The van der Waals surface area contributed by atoms with Gasteiger partial charge in [0.2, 0.25) is 0 Å². The molecule has 0 aliphatic carbocycles. The molecule has 2 heterocycles. The number of amides is 1. The van der Waals surface area contributed by atoms with Crippen LogP contribution in [0.25, 0.3) is 0 Å². The Kier molecular flexibility index (Phi) is 6.88. The maximum atomic E-state index is 12.4. The van der Waals surface area contributed by atoms with E-state index in [0.29, 0.717) is 25.7 Å². The summed E-state index contributed by atoms with van der Waals surface area (Å²) in [7, 11) is 0. The average Bonchev–Trinajstić information content (AvgIpc) is 2.72. The van der Waals surface area contributed by atoms with E-state index in [1.165, 1.54) is 5.69 Å². The monoisotopic (exact) mass is 360 g/mol. The standard InChI is InChI=1S/C20H32N4O2/c1-3-22-13-14-26-19(16-22)20(25)21-15-17(2)23-9-11-24(12-10-23)18-7-5-4-6-8-18/h4-8,17,19H,3,9-16H2,1-2H3,(H,21,25). The van der Waals surface area contributed by atoms with Crippen LogP contribution in [0.5, 0.6) is 0 Å². The first-order chi connectivity index (χ1) is 12.7.